The number of rotatable bonds is 17. The minimum atomic E-state index is 1.10. The third-order valence-electron chi connectivity index (χ3n) is 15.8. The summed E-state index contributed by atoms with van der Waals surface area (Å²) in [5, 5.41) is 0. The van der Waals surface area contributed by atoms with Gasteiger partial charge in [-0.25, -0.2) is 0 Å². The monoisotopic (exact) mass is 1100 g/mol. The second kappa shape index (κ2) is 26.2. The highest BCUT2D eigenvalue weighted by Gasteiger charge is 2.18. The van der Waals surface area contributed by atoms with E-state index in [1.807, 2.05) is 0 Å². The minimum absolute atomic E-state index is 1.10. The molecule has 0 atom stereocenters. The van der Waals surface area contributed by atoms with Crippen molar-refractivity contribution in [1.29, 1.82) is 0 Å². The van der Waals surface area contributed by atoms with Crippen LogP contribution < -0.4 is 9.80 Å². The molecular formula is C84H68N2. The van der Waals surface area contributed by atoms with Crippen molar-refractivity contribution in [1.82, 2.24) is 0 Å². The first-order valence-electron chi connectivity index (χ1n) is 29.6. The highest BCUT2D eigenvalue weighted by atomic mass is 15.1. The third-order valence-corrected chi connectivity index (χ3v) is 15.8. The van der Waals surface area contributed by atoms with Crippen LogP contribution in [0.2, 0.25) is 0 Å². The molecule has 86 heavy (non-hydrogen) atoms. The van der Waals surface area contributed by atoms with Crippen LogP contribution in [-0.2, 0) is 0 Å². The van der Waals surface area contributed by atoms with Crippen LogP contribution in [0.3, 0.4) is 0 Å². The maximum atomic E-state index is 2.36. The van der Waals surface area contributed by atoms with Crippen molar-refractivity contribution in [2.24, 2.45) is 0 Å². The Hall–Kier alpha value is -10.8. The predicted molar refractivity (Wildman–Crippen MR) is 371 cm³/mol. The summed E-state index contributed by atoms with van der Waals surface area (Å²) in [6.45, 7) is 8.70. The van der Waals surface area contributed by atoms with Crippen molar-refractivity contribution in [2.75, 3.05) is 9.80 Å². The molecule has 0 aliphatic carbocycles. The van der Waals surface area contributed by atoms with Gasteiger partial charge < -0.3 is 9.80 Å². The largest absolute Gasteiger partial charge is 0.310 e. The maximum absolute atomic E-state index is 2.36. The summed E-state index contributed by atoms with van der Waals surface area (Å²) in [6.07, 6.45) is 13.4. The standard InChI is InChI=1S/C84H68N2/c1-61-25-55-83(63(3)57-61)85(79-51-39-69(40-52-79)59-81(73-17-9-5-10-18-73)74-19-11-6-12-20-74)77-47-35-67(36-48-77)29-27-65-31-43-71(44-32-65)72-45-33-66(34-46-72)28-30-68-37-49-78(50-38-68)86(84-56-26-62(2)58-64(84)4)80-53-41-70(42-54-80)60-82(75-21-13-7-14-22-75)76-23-15-8-16-24-76/h5-60H,1-4H3/b29-27+,30-28+. The Morgan fingerprint density at radius 1 is 0.244 bits per heavy atom. The normalized spacial score (nSPS) is 11.2. The first kappa shape index (κ1) is 55.7. The quantitative estimate of drug-likeness (QED) is 0.0839. The lowest BCUT2D eigenvalue weighted by atomic mass is 9.95. The molecule has 0 amide bonds. The molecule has 0 aliphatic heterocycles. The zero-order chi connectivity index (χ0) is 58.6. The molecule has 0 spiro atoms. The first-order valence-corrected chi connectivity index (χ1v) is 29.6. The summed E-state index contributed by atoms with van der Waals surface area (Å²) in [4.78, 5) is 4.72. The summed E-state index contributed by atoms with van der Waals surface area (Å²) in [6, 6.07) is 109. The Kier molecular flexibility index (Phi) is 17.0. The van der Waals surface area contributed by atoms with E-state index >= 15 is 0 Å². The Morgan fingerprint density at radius 2 is 0.488 bits per heavy atom. The van der Waals surface area contributed by atoms with Crippen LogP contribution >= 0.6 is 0 Å². The van der Waals surface area contributed by atoms with E-state index < -0.39 is 0 Å². The van der Waals surface area contributed by atoms with E-state index in [1.54, 1.807) is 0 Å². The molecule has 0 heterocycles. The van der Waals surface area contributed by atoms with Gasteiger partial charge in [-0.15, -0.1) is 0 Å². The third kappa shape index (κ3) is 13.3. The van der Waals surface area contributed by atoms with E-state index in [1.165, 1.54) is 66.8 Å². The molecule has 0 aromatic heterocycles. The van der Waals surface area contributed by atoms with Crippen molar-refractivity contribution in [2.45, 2.75) is 27.7 Å². The summed E-state index contributed by atoms with van der Waals surface area (Å²) >= 11 is 0. The van der Waals surface area contributed by atoms with Crippen LogP contribution in [0.1, 0.15) is 77.9 Å². The van der Waals surface area contributed by atoms with E-state index in [0.717, 1.165) is 67.5 Å². The Balaban J connectivity index is 0.710. The average Bonchev–Trinajstić information content (AvgIpc) is 3.53. The predicted octanol–water partition coefficient (Wildman–Crippen LogP) is 23.0. The second-order valence-corrected chi connectivity index (χ2v) is 22.1. The lowest BCUT2D eigenvalue weighted by molar-refractivity contribution is 1.24. The van der Waals surface area contributed by atoms with E-state index in [9.17, 15) is 0 Å². The van der Waals surface area contributed by atoms with Crippen molar-refractivity contribution < 1.29 is 0 Å². The molecule has 12 aromatic rings. The zero-order valence-corrected chi connectivity index (χ0v) is 49.2. The van der Waals surface area contributed by atoms with Crippen LogP contribution in [0.5, 0.6) is 0 Å². The smallest absolute Gasteiger partial charge is 0.0490 e. The number of aryl methyl sites for hydroxylation is 4. The number of hydrogen-bond donors (Lipinski definition) is 0. The molecule has 0 saturated heterocycles. The summed E-state index contributed by atoms with van der Waals surface area (Å²) < 4.78 is 0. The maximum Gasteiger partial charge on any atom is 0.0490 e. The van der Waals surface area contributed by atoms with Gasteiger partial charge in [-0.05, 0) is 190 Å². The van der Waals surface area contributed by atoms with Gasteiger partial charge in [0.05, 0.1) is 0 Å². The second-order valence-electron chi connectivity index (χ2n) is 22.1. The van der Waals surface area contributed by atoms with E-state index in [0.29, 0.717) is 0 Å². The first-order chi connectivity index (χ1) is 42.2. The lowest BCUT2D eigenvalue weighted by Gasteiger charge is -2.27. The van der Waals surface area contributed by atoms with Gasteiger partial charge in [0, 0.05) is 34.1 Å². The van der Waals surface area contributed by atoms with Crippen LogP contribution in [0.25, 0.3) is 58.7 Å². The van der Waals surface area contributed by atoms with E-state index in [2.05, 4.69) is 377 Å². The van der Waals surface area contributed by atoms with Crippen LogP contribution in [-0.4, -0.2) is 0 Å². The molecule has 12 aromatic carbocycles. The Bertz CT molecular complexity index is 3960. The van der Waals surface area contributed by atoms with Crippen molar-refractivity contribution >= 4 is 81.7 Å². The van der Waals surface area contributed by atoms with Crippen molar-refractivity contribution in [3.63, 3.8) is 0 Å². The summed E-state index contributed by atoms with van der Waals surface area (Å²) in [5.41, 5.74) is 28.1. The van der Waals surface area contributed by atoms with E-state index in [4.69, 9.17) is 0 Å². The molecule has 414 valence electrons. The highest BCUT2D eigenvalue weighted by molar-refractivity contribution is 5.93. The van der Waals surface area contributed by atoms with Gasteiger partial charge in [-0.3, -0.25) is 0 Å². The van der Waals surface area contributed by atoms with E-state index in [-0.39, 0.29) is 0 Å². The summed E-state index contributed by atoms with van der Waals surface area (Å²) in [7, 11) is 0. The Morgan fingerprint density at radius 3 is 0.744 bits per heavy atom. The van der Waals surface area contributed by atoms with Gasteiger partial charge in [-0.2, -0.15) is 0 Å². The molecule has 2 nitrogen and oxygen atoms in total. The van der Waals surface area contributed by atoms with Gasteiger partial charge in [0.15, 0.2) is 0 Å². The number of benzene rings is 12. The molecule has 0 bridgehead atoms. The fourth-order valence-corrected chi connectivity index (χ4v) is 11.3. The molecule has 0 saturated carbocycles. The van der Waals surface area contributed by atoms with Gasteiger partial charge in [0.2, 0.25) is 0 Å². The lowest BCUT2D eigenvalue weighted by Crippen LogP contribution is -2.11. The SMILES string of the molecule is Cc1ccc(N(c2ccc(C=C(c3ccccc3)c3ccccc3)cc2)c2ccc(/C=C/c3ccc(-c4ccc(/C=C/c5ccc(N(c6ccc(C=C(c7ccccc7)c7ccccc7)cc6)c6ccc(C)cc6C)cc5)cc4)cc3)cc2)c(C)c1. The average molecular weight is 1110 g/mol. The fourth-order valence-electron chi connectivity index (χ4n) is 11.3. The molecule has 12 rings (SSSR count). The topological polar surface area (TPSA) is 6.48 Å². The number of nitrogens with zero attached hydrogens (tertiary/aromatic N) is 2. The van der Waals surface area contributed by atoms with Crippen LogP contribution in [0.4, 0.5) is 34.1 Å². The van der Waals surface area contributed by atoms with Crippen LogP contribution in [0, 0.1) is 27.7 Å². The molecule has 2 heteroatoms. The van der Waals surface area contributed by atoms with Crippen molar-refractivity contribution in [3.05, 3.63) is 381 Å². The highest BCUT2D eigenvalue weighted by Crippen LogP contribution is 2.40. The van der Waals surface area contributed by atoms with Crippen LogP contribution in [0.15, 0.2) is 303 Å². The minimum Gasteiger partial charge on any atom is -0.310 e. The van der Waals surface area contributed by atoms with Gasteiger partial charge in [-0.1, -0.05) is 278 Å². The number of anilines is 6. The van der Waals surface area contributed by atoms with Gasteiger partial charge >= 0.3 is 0 Å². The molecule has 0 radical (unpaired) electrons. The molecule has 0 unspecified atom stereocenters. The molecular weight excluding hydrogens is 1040 g/mol. The van der Waals surface area contributed by atoms with Gasteiger partial charge in [0.25, 0.3) is 0 Å². The molecule has 0 N–H and O–H groups in total. The molecule has 0 aliphatic rings. The zero-order valence-electron chi connectivity index (χ0n) is 49.2. The number of hydrogen-bond acceptors (Lipinski definition) is 2. The molecule has 0 fully saturated rings. The fraction of sp³-hybridized carbons (Fsp3) is 0.0476. The summed E-state index contributed by atoms with van der Waals surface area (Å²) in [5.74, 6) is 0. The Labute approximate surface area is 508 Å². The van der Waals surface area contributed by atoms with Crippen molar-refractivity contribution in [3.8, 4) is 11.1 Å². The van der Waals surface area contributed by atoms with Gasteiger partial charge in [0.1, 0.15) is 0 Å².